The van der Waals surface area contributed by atoms with Crippen molar-refractivity contribution in [2.75, 3.05) is 13.1 Å². The first-order valence-corrected chi connectivity index (χ1v) is 9.80. The molecule has 1 atom stereocenters. The Morgan fingerprint density at radius 2 is 2.00 bits per heavy atom. The van der Waals surface area contributed by atoms with E-state index in [9.17, 15) is 9.18 Å². The van der Waals surface area contributed by atoms with E-state index in [1.54, 1.807) is 18.3 Å². The predicted molar refractivity (Wildman–Crippen MR) is 99.1 cm³/mol. The lowest BCUT2D eigenvalue weighted by Gasteiger charge is -2.36. The van der Waals surface area contributed by atoms with Crippen LogP contribution >= 0.6 is 0 Å². The molecule has 1 aliphatic heterocycles. The molecule has 1 aliphatic carbocycles. The van der Waals surface area contributed by atoms with E-state index in [1.807, 2.05) is 6.07 Å². The third kappa shape index (κ3) is 3.53. The molecule has 0 spiro atoms. The summed E-state index contributed by atoms with van der Waals surface area (Å²) in [7, 11) is 0. The normalized spacial score (nSPS) is 21.7. The molecule has 4 nitrogen and oxygen atoms in total. The minimum Gasteiger partial charge on any atom is -0.342 e. The van der Waals surface area contributed by atoms with Gasteiger partial charge in [-0.25, -0.2) is 4.39 Å². The van der Waals surface area contributed by atoms with Crippen molar-refractivity contribution in [2.24, 2.45) is 5.92 Å². The summed E-state index contributed by atoms with van der Waals surface area (Å²) in [5.74, 6) is 0.539. The molecule has 2 heterocycles. The minimum absolute atomic E-state index is 0.215. The highest BCUT2D eigenvalue weighted by Gasteiger charge is 2.31. The van der Waals surface area contributed by atoms with Gasteiger partial charge in [-0.05, 0) is 43.4 Å². The lowest BCUT2D eigenvalue weighted by molar-refractivity contribution is -0.137. The molecule has 1 aromatic heterocycles. The Morgan fingerprint density at radius 3 is 2.81 bits per heavy atom. The number of hydrogen-bond donors (Lipinski definition) is 1. The van der Waals surface area contributed by atoms with Crippen molar-refractivity contribution in [3.8, 4) is 11.1 Å². The van der Waals surface area contributed by atoms with Crippen LogP contribution < -0.4 is 0 Å². The third-order valence-corrected chi connectivity index (χ3v) is 5.90. The SMILES string of the molecule is O=C(C1CCCCC1)N1CCC[C@H](c2[nH]ncc2-c2cccc(F)c2)C1. The molecule has 2 aliphatic rings. The molecule has 1 N–H and O–H groups in total. The first-order valence-electron chi connectivity index (χ1n) is 9.80. The van der Waals surface area contributed by atoms with Crippen molar-refractivity contribution in [1.29, 1.82) is 0 Å². The summed E-state index contributed by atoms with van der Waals surface area (Å²) in [6.45, 7) is 1.59. The molecule has 2 aromatic rings. The lowest BCUT2D eigenvalue weighted by Crippen LogP contribution is -2.43. The number of halogens is 1. The van der Waals surface area contributed by atoms with Crippen molar-refractivity contribution in [2.45, 2.75) is 50.9 Å². The number of carbonyl (C=O) groups is 1. The highest BCUT2D eigenvalue weighted by molar-refractivity contribution is 5.79. The number of likely N-dealkylation sites (tertiary alicyclic amines) is 1. The zero-order valence-electron chi connectivity index (χ0n) is 15.1. The molecule has 5 heteroatoms. The van der Waals surface area contributed by atoms with E-state index in [2.05, 4.69) is 15.1 Å². The van der Waals surface area contributed by atoms with Crippen molar-refractivity contribution >= 4 is 5.91 Å². The van der Waals surface area contributed by atoms with Crippen molar-refractivity contribution in [3.05, 3.63) is 42.0 Å². The van der Waals surface area contributed by atoms with Crippen LogP contribution in [0.3, 0.4) is 0 Å². The summed E-state index contributed by atoms with van der Waals surface area (Å²) in [5.41, 5.74) is 2.81. The lowest BCUT2D eigenvalue weighted by atomic mass is 9.86. The van der Waals surface area contributed by atoms with E-state index in [-0.39, 0.29) is 17.7 Å². The third-order valence-electron chi connectivity index (χ3n) is 5.90. The summed E-state index contributed by atoms with van der Waals surface area (Å²) in [4.78, 5) is 15.0. The van der Waals surface area contributed by atoms with Crippen LogP contribution in [0.25, 0.3) is 11.1 Å². The maximum absolute atomic E-state index is 13.6. The number of hydrogen-bond acceptors (Lipinski definition) is 2. The number of H-pyrrole nitrogens is 1. The molecule has 1 aromatic carbocycles. The number of carbonyl (C=O) groups excluding carboxylic acids is 1. The van der Waals surface area contributed by atoms with Gasteiger partial charge < -0.3 is 4.90 Å². The van der Waals surface area contributed by atoms with E-state index in [1.165, 1.54) is 25.3 Å². The fourth-order valence-corrected chi connectivity index (χ4v) is 4.51. The van der Waals surface area contributed by atoms with Gasteiger partial charge >= 0.3 is 0 Å². The van der Waals surface area contributed by atoms with Crippen molar-refractivity contribution in [1.82, 2.24) is 15.1 Å². The fraction of sp³-hybridized carbons (Fsp3) is 0.524. The van der Waals surface area contributed by atoms with Crippen LogP contribution in [0, 0.1) is 11.7 Å². The Hall–Kier alpha value is -2.17. The monoisotopic (exact) mass is 355 g/mol. The molecule has 0 bridgehead atoms. The van der Waals surface area contributed by atoms with Crippen LogP contribution in [0.5, 0.6) is 0 Å². The first-order chi connectivity index (χ1) is 12.7. The molecule has 2 fully saturated rings. The number of aromatic amines is 1. The summed E-state index contributed by atoms with van der Waals surface area (Å²) in [6, 6.07) is 6.63. The van der Waals surface area contributed by atoms with E-state index < -0.39 is 0 Å². The van der Waals surface area contributed by atoms with Gasteiger partial charge in [0, 0.05) is 36.2 Å². The van der Waals surface area contributed by atoms with Gasteiger partial charge in [0.05, 0.1) is 6.20 Å². The average Bonchev–Trinajstić information content (AvgIpc) is 3.18. The van der Waals surface area contributed by atoms with Gasteiger partial charge in [-0.3, -0.25) is 9.89 Å². The summed E-state index contributed by atoms with van der Waals surface area (Å²) < 4.78 is 13.6. The van der Waals surface area contributed by atoms with Gasteiger partial charge in [0.25, 0.3) is 0 Å². The quantitative estimate of drug-likeness (QED) is 0.881. The van der Waals surface area contributed by atoms with Crippen LogP contribution in [-0.2, 0) is 4.79 Å². The van der Waals surface area contributed by atoms with Crippen molar-refractivity contribution in [3.63, 3.8) is 0 Å². The van der Waals surface area contributed by atoms with Gasteiger partial charge in [-0.1, -0.05) is 31.4 Å². The van der Waals surface area contributed by atoms with Gasteiger partial charge in [0.15, 0.2) is 0 Å². The Morgan fingerprint density at radius 1 is 1.15 bits per heavy atom. The largest absolute Gasteiger partial charge is 0.342 e. The fourth-order valence-electron chi connectivity index (χ4n) is 4.51. The second-order valence-corrected chi connectivity index (χ2v) is 7.67. The highest BCUT2D eigenvalue weighted by atomic mass is 19.1. The van der Waals surface area contributed by atoms with Crippen LogP contribution in [-0.4, -0.2) is 34.1 Å². The molecule has 138 valence electrons. The van der Waals surface area contributed by atoms with Crippen LogP contribution in [0.15, 0.2) is 30.5 Å². The van der Waals surface area contributed by atoms with Crippen LogP contribution in [0.2, 0.25) is 0 Å². The van der Waals surface area contributed by atoms with Crippen LogP contribution in [0.4, 0.5) is 4.39 Å². The number of aromatic nitrogens is 2. The topological polar surface area (TPSA) is 49.0 Å². The molecule has 26 heavy (non-hydrogen) atoms. The number of benzene rings is 1. The van der Waals surface area contributed by atoms with Crippen LogP contribution in [0.1, 0.15) is 56.6 Å². The highest BCUT2D eigenvalue weighted by Crippen LogP contribution is 2.34. The summed E-state index contributed by atoms with van der Waals surface area (Å²) in [5, 5.41) is 7.33. The second kappa shape index (κ2) is 7.60. The molecule has 1 amide bonds. The second-order valence-electron chi connectivity index (χ2n) is 7.67. The maximum Gasteiger partial charge on any atom is 0.225 e. The molecule has 4 rings (SSSR count). The molecule has 1 saturated heterocycles. The molecule has 0 radical (unpaired) electrons. The number of nitrogens with zero attached hydrogens (tertiary/aromatic N) is 2. The Labute approximate surface area is 153 Å². The van der Waals surface area contributed by atoms with E-state index >= 15 is 0 Å². The predicted octanol–water partition coefficient (Wildman–Crippen LogP) is 4.50. The van der Waals surface area contributed by atoms with E-state index in [0.717, 1.165) is 55.6 Å². The van der Waals surface area contributed by atoms with Gasteiger partial charge in [-0.15, -0.1) is 0 Å². The Kier molecular flexibility index (Phi) is 5.05. The van der Waals surface area contributed by atoms with E-state index in [4.69, 9.17) is 0 Å². The van der Waals surface area contributed by atoms with E-state index in [0.29, 0.717) is 5.91 Å². The average molecular weight is 355 g/mol. The van der Waals surface area contributed by atoms with Gasteiger partial charge in [0.1, 0.15) is 5.82 Å². The summed E-state index contributed by atoms with van der Waals surface area (Å²) >= 11 is 0. The molecular weight excluding hydrogens is 329 g/mol. The molecule has 1 saturated carbocycles. The first kappa shape index (κ1) is 17.3. The molecule has 0 unspecified atom stereocenters. The summed E-state index contributed by atoms with van der Waals surface area (Å²) in [6.07, 6.45) is 9.50. The van der Waals surface area contributed by atoms with Gasteiger partial charge in [-0.2, -0.15) is 5.10 Å². The Bertz CT molecular complexity index is 766. The standard InChI is InChI=1S/C21H26FN3O/c22-18-10-4-8-16(12-18)19-13-23-24-20(19)17-9-5-11-25(14-17)21(26)15-6-2-1-3-7-15/h4,8,10,12-13,15,17H,1-3,5-7,9,11,14H2,(H,23,24)/t17-/m0/s1. The number of rotatable bonds is 3. The molecular formula is C21H26FN3O. The number of nitrogens with one attached hydrogen (secondary N) is 1. The zero-order chi connectivity index (χ0) is 17.9. The maximum atomic E-state index is 13.6. The Balaban J connectivity index is 1.52. The van der Waals surface area contributed by atoms with Gasteiger partial charge in [0.2, 0.25) is 5.91 Å². The number of piperidine rings is 1. The zero-order valence-corrected chi connectivity index (χ0v) is 15.1. The smallest absolute Gasteiger partial charge is 0.225 e. The van der Waals surface area contributed by atoms with Crippen molar-refractivity contribution < 1.29 is 9.18 Å². The number of amides is 1. The minimum atomic E-state index is -0.243.